The fraction of sp³-hybridized carbons (Fsp3) is 0.579. The molecule has 2 unspecified atom stereocenters. The van der Waals surface area contributed by atoms with E-state index < -0.39 is 0 Å². The minimum atomic E-state index is -0.219. The van der Waals surface area contributed by atoms with Gasteiger partial charge in [-0.1, -0.05) is 56.5 Å². The van der Waals surface area contributed by atoms with Gasteiger partial charge >= 0.3 is 0 Å². The minimum absolute atomic E-state index is 0.101. The van der Waals surface area contributed by atoms with Crippen molar-refractivity contribution in [3.63, 3.8) is 0 Å². The van der Waals surface area contributed by atoms with Crippen LogP contribution in [0.1, 0.15) is 55.8 Å². The summed E-state index contributed by atoms with van der Waals surface area (Å²) in [6.07, 6.45) is 6.87. The molecule has 0 aromatic heterocycles. The maximum absolute atomic E-state index is 12.8. The highest BCUT2D eigenvalue weighted by Crippen LogP contribution is 2.33. The van der Waals surface area contributed by atoms with Crippen LogP contribution in [0.3, 0.4) is 0 Å². The normalized spacial score (nSPS) is 24.5. The van der Waals surface area contributed by atoms with Gasteiger partial charge in [-0.3, -0.25) is 9.59 Å². The van der Waals surface area contributed by atoms with Gasteiger partial charge in [-0.15, -0.1) is 0 Å². The fourth-order valence-corrected chi connectivity index (χ4v) is 3.99. The summed E-state index contributed by atoms with van der Waals surface area (Å²) in [7, 11) is 0. The Morgan fingerprint density at radius 3 is 2.45 bits per heavy atom. The van der Waals surface area contributed by atoms with Gasteiger partial charge in [-0.05, 0) is 19.3 Å². The highest BCUT2D eigenvalue weighted by Gasteiger charge is 2.41. The monoisotopic (exact) mass is 299 g/mol. The molecule has 3 nitrogen and oxygen atoms in total. The van der Waals surface area contributed by atoms with Crippen LogP contribution in [0.2, 0.25) is 0 Å². The number of rotatable bonds is 4. The van der Waals surface area contributed by atoms with Crippen LogP contribution in [0.4, 0.5) is 0 Å². The molecular formula is C19H25NO2. The number of carbonyl (C=O) groups is 2. The lowest BCUT2D eigenvalue weighted by molar-refractivity contribution is -0.134. The van der Waals surface area contributed by atoms with Crippen LogP contribution >= 0.6 is 0 Å². The molecule has 0 N–H and O–H groups in total. The molecule has 2 aliphatic rings. The Morgan fingerprint density at radius 2 is 1.77 bits per heavy atom. The van der Waals surface area contributed by atoms with Crippen LogP contribution in [0, 0.1) is 11.8 Å². The molecule has 0 spiro atoms. The smallest absolute Gasteiger partial charge is 0.226 e. The molecule has 3 rings (SSSR count). The van der Waals surface area contributed by atoms with Crippen LogP contribution in [0.5, 0.6) is 0 Å². The third kappa shape index (κ3) is 2.94. The molecule has 0 radical (unpaired) electrons. The first-order valence-electron chi connectivity index (χ1n) is 8.58. The summed E-state index contributed by atoms with van der Waals surface area (Å²) < 4.78 is 0. The summed E-state index contributed by atoms with van der Waals surface area (Å²) >= 11 is 0. The molecule has 1 saturated heterocycles. The van der Waals surface area contributed by atoms with Gasteiger partial charge < -0.3 is 4.90 Å². The summed E-state index contributed by atoms with van der Waals surface area (Å²) in [6.45, 7) is 2.75. The van der Waals surface area contributed by atoms with E-state index in [1.807, 2.05) is 37.3 Å². The van der Waals surface area contributed by atoms with Crippen LogP contribution in [0.15, 0.2) is 30.3 Å². The van der Waals surface area contributed by atoms with Gasteiger partial charge in [0.1, 0.15) is 0 Å². The average molecular weight is 299 g/mol. The van der Waals surface area contributed by atoms with Gasteiger partial charge in [-0.2, -0.15) is 0 Å². The van der Waals surface area contributed by atoms with E-state index in [0.717, 1.165) is 31.4 Å². The summed E-state index contributed by atoms with van der Waals surface area (Å²) in [5.41, 5.74) is 0.721. The summed E-state index contributed by atoms with van der Waals surface area (Å²) in [5.74, 6) is -0.0359. The number of ketones is 1. The number of benzene rings is 1. The van der Waals surface area contributed by atoms with Crippen molar-refractivity contribution < 1.29 is 9.59 Å². The Labute approximate surface area is 132 Å². The Balaban J connectivity index is 1.67. The second-order valence-electron chi connectivity index (χ2n) is 6.74. The van der Waals surface area contributed by atoms with Crippen molar-refractivity contribution in [3.05, 3.63) is 35.9 Å². The van der Waals surface area contributed by atoms with Crippen molar-refractivity contribution in [1.29, 1.82) is 0 Å². The van der Waals surface area contributed by atoms with Crippen molar-refractivity contribution in [2.75, 3.05) is 6.54 Å². The zero-order valence-electron chi connectivity index (χ0n) is 13.3. The fourth-order valence-electron chi connectivity index (χ4n) is 3.99. The number of amides is 1. The molecule has 118 valence electrons. The molecule has 22 heavy (non-hydrogen) atoms. The lowest BCUT2D eigenvalue weighted by atomic mass is 9.86. The van der Waals surface area contributed by atoms with E-state index in [0.29, 0.717) is 6.04 Å². The Hall–Kier alpha value is -1.64. The molecule has 1 heterocycles. The number of hydrogen-bond acceptors (Lipinski definition) is 2. The Kier molecular flexibility index (Phi) is 4.60. The molecule has 1 aromatic carbocycles. The van der Waals surface area contributed by atoms with Gasteiger partial charge in [0.15, 0.2) is 5.78 Å². The minimum Gasteiger partial charge on any atom is -0.339 e. The highest BCUT2D eigenvalue weighted by atomic mass is 16.2. The third-order valence-electron chi connectivity index (χ3n) is 5.37. The predicted octanol–water partition coefficient (Wildman–Crippen LogP) is 3.69. The first kappa shape index (κ1) is 15.3. The van der Waals surface area contributed by atoms with E-state index in [1.165, 1.54) is 19.3 Å². The predicted molar refractivity (Wildman–Crippen MR) is 86.6 cm³/mol. The van der Waals surface area contributed by atoms with Gasteiger partial charge in [0, 0.05) is 30.0 Å². The number of likely N-dealkylation sites (tertiary alicyclic amines) is 1. The molecule has 1 aliphatic carbocycles. The lowest BCUT2D eigenvalue weighted by Gasteiger charge is -2.31. The highest BCUT2D eigenvalue weighted by molar-refractivity contribution is 6.00. The molecule has 2 atom stereocenters. The van der Waals surface area contributed by atoms with E-state index in [-0.39, 0.29) is 23.5 Å². The van der Waals surface area contributed by atoms with Gasteiger partial charge in [0.25, 0.3) is 0 Å². The van der Waals surface area contributed by atoms with E-state index in [4.69, 9.17) is 0 Å². The van der Waals surface area contributed by atoms with Gasteiger partial charge in [0.2, 0.25) is 5.91 Å². The van der Waals surface area contributed by atoms with E-state index in [2.05, 4.69) is 4.90 Å². The largest absolute Gasteiger partial charge is 0.339 e. The van der Waals surface area contributed by atoms with Gasteiger partial charge in [0.05, 0.1) is 0 Å². The second-order valence-corrected chi connectivity index (χ2v) is 6.74. The zero-order valence-corrected chi connectivity index (χ0v) is 13.3. The number of Topliss-reactive ketones (excluding diaryl/α,β-unsaturated/α-hetero) is 1. The zero-order chi connectivity index (χ0) is 15.5. The van der Waals surface area contributed by atoms with E-state index >= 15 is 0 Å². The van der Waals surface area contributed by atoms with Crippen molar-refractivity contribution in [1.82, 2.24) is 4.90 Å². The van der Waals surface area contributed by atoms with Crippen LogP contribution in [-0.2, 0) is 4.79 Å². The lowest BCUT2D eigenvalue weighted by Crippen LogP contribution is -2.40. The maximum Gasteiger partial charge on any atom is 0.226 e. The van der Waals surface area contributed by atoms with E-state index in [9.17, 15) is 9.59 Å². The van der Waals surface area contributed by atoms with Crippen LogP contribution in [0.25, 0.3) is 0 Å². The number of nitrogens with zero attached hydrogens (tertiary/aromatic N) is 1. The number of hydrogen-bond donors (Lipinski definition) is 0. The third-order valence-corrected chi connectivity index (χ3v) is 5.37. The standard InChI is InChI=1S/C19H25NO2/c1-14(18(21)15-8-4-2-5-9-15)17-12-13-20(19(17)22)16-10-6-3-7-11-16/h2,4-5,8-9,14,16-17H,3,6-7,10-13H2,1H3. The van der Waals surface area contributed by atoms with Gasteiger partial charge in [-0.25, -0.2) is 0 Å². The summed E-state index contributed by atoms with van der Waals surface area (Å²) in [4.78, 5) is 27.4. The molecule has 1 aromatic rings. The molecular weight excluding hydrogens is 274 g/mol. The molecule has 3 heteroatoms. The Morgan fingerprint density at radius 1 is 1.09 bits per heavy atom. The second kappa shape index (κ2) is 6.64. The summed E-state index contributed by atoms with van der Waals surface area (Å²) in [5, 5.41) is 0. The molecule has 1 saturated carbocycles. The summed E-state index contributed by atoms with van der Waals surface area (Å²) in [6, 6.07) is 9.78. The average Bonchev–Trinajstić information content (AvgIpc) is 2.96. The topological polar surface area (TPSA) is 37.4 Å². The van der Waals surface area contributed by atoms with Crippen molar-refractivity contribution in [2.45, 2.75) is 51.5 Å². The molecule has 1 amide bonds. The molecule has 0 bridgehead atoms. The Bertz CT molecular complexity index is 534. The first-order valence-corrected chi connectivity index (χ1v) is 8.58. The first-order chi connectivity index (χ1) is 10.7. The maximum atomic E-state index is 12.8. The van der Waals surface area contributed by atoms with Crippen molar-refractivity contribution in [3.8, 4) is 0 Å². The van der Waals surface area contributed by atoms with E-state index in [1.54, 1.807) is 0 Å². The van der Waals surface area contributed by atoms with Crippen LogP contribution < -0.4 is 0 Å². The SMILES string of the molecule is CC(C(=O)c1ccccc1)C1CCN(C2CCCCC2)C1=O. The quantitative estimate of drug-likeness (QED) is 0.795. The van der Waals surface area contributed by atoms with Crippen LogP contribution in [-0.4, -0.2) is 29.2 Å². The molecule has 1 aliphatic heterocycles. The number of carbonyl (C=O) groups excluding carboxylic acids is 2. The molecule has 2 fully saturated rings. The van der Waals surface area contributed by atoms with Crippen molar-refractivity contribution >= 4 is 11.7 Å². The van der Waals surface area contributed by atoms with Crippen molar-refractivity contribution in [2.24, 2.45) is 11.8 Å².